The SMILES string of the molecule is C=C(C)C(=O)OCCCc1[nH]cc[n+]1C. The average Bonchev–Trinajstić information content (AvgIpc) is 2.58. The summed E-state index contributed by atoms with van der Waals surface area (Å²) in [4.78, 5) is 14.2. The third kappa shape index (κ3) is 3.58. The first-order valence-corrected chi connectivity index (χ1v) is 4.96. The summed E-state index contributed by atoms with van der Waals surface area (Å²) in [6.45, 7) is 5.59. The van der Waals surface area contributed by atoms with E-state index in [9.17, 15) is 4.79 Å². The standard InChI is InChI=1S/C11H16N2O2/c1-9(2)11(14)15-8-4-5-10-12-6-7-13(10)3/h6-7H,1,4-5,8H2,2-3H3/p+1. The molecule has 0 amide bonds. The zero-order valence-electron chi connectivity index (χ0n) is 9.25. The topological polar surface area (TPSA) is 46.0 Å². The van der Waals surface area contributed by atoms with E-state index in [2.05, 4.69) is 11.6 Å². The molecule has 0 aliphatic heterocycles. The molecular weight excluding hydrogens is 192 g/mol. The van der Waals surface area contributed by atoms with Crippen LogP contribution in [0.2, 0.25) is 0 Å². The molecule has 0 aromatic carbocycles. The molecule has 0 bridgehead atoms. The number of aromatic nitrogens is 2. The van der Waals surface area contributed by atoms with Gasteiger partial charge in [0.15, 0.2) is 0 Å². The number of hydrogen-bond donors (Lipinski definition) is 1. The lowest BCUT2D eigenvalue weighted by atomic mass is 10.3. The largest absolute Gasteiger partial charge is 0.462 e. The Morgan fingerprint density at radius 2 is 2.40 bits per heavy atom. The maximum atomic E-state index is 11.0. The van der Waals surface area contributed by atoms with E-state index in [-0.39, 0.29) is 5.97 Å². The number of H-pyrrole nitrogens is 1. The minimum Gasteiger partial charge on any atom is -0.462 e. The number of esters is 1. The highest BCUT2D eigenvalue weighted by atomic mass is 16.5. The molecule has 0 aliphatic carbocycles. The van der Waals surface area contributed by atoms with Gasteiger partial charge in [-0.3, -0.25) is 0 Å². The lowest BCUT2D eigenvalue weighted by Crippen LogP contribution is -2.30. The molecule has 15 heavy (non-hydrogen) atoms. The number of imidazole rings is 1. The number of aryl methyl sites for hydroxylation is 2. The average molecular weight is 209 g/mol. The van der Waals surface area contributed by atoms with Gasteiger partial charge in [-0.25, -0.2) is 14.3 Å². The van der Waals surface area contributed by atoms with Gasteiger partial charge in [0.1, 0.15) is 12.4 Å². The number of carbonyl (C=O) groups is 1. The quantitative estimate of drug-likeness (QED) is 0.339. The van der Waals surface area contributed by atoms with Gasteiger partial charge in [-0.05, 0) is 13.3 Å². The number of carbonyl (C=O) groups excluding carboxylic acids is 1. The van der Waals surface area contributed by atoms with Gasteiger partial charge in [0.2, 0.25) is 0 Å². The fraction of sp³-hybridized carbons (Fsp3) is 0.455. The maximum Gasteiger partial charge on any atom is 0.333 e. The normalized spacial score (nSPS) is 10.0. The van der Waals surface area contributed by atoms with Crippen molar-refractivity contribution in [3.05, 3.63) is 30.4 Å². The summed E-state index contributed by atoms with van der Waals surface area (Å²) in [6.07, 6.45) is 5.52. The van der Waals surface area contributed by atoms with Crippen LogP contribution in [0.3, 0.4) is 0 Å². The van der Waals surface area contributed by atoms with Gasteiger partial charge in [0.05, 0.1) is 20.1 Å². The Labute approximate surface area is 89.6 Å². The molecule has 0 unspecified atom stereocenters. The van der Waals surface area contributed by atoms with Crippen LogP contribution in [0.5, 0.6) is 0 Å². The molecule has 82 valence electrons. The summed E-state index contributed by atoms with van der Waals surface area (Å²) in [6, 6.07) is 0. The highest BCUT2D eigenvalue weighted by Crippen LogP contribution is 1.97. The van der Waals surface area contributed by atoms with E-state index in [4.69, 9.17) is 4.74 Å². The van der Waals surface area contributed by atoms with Crippen molar-refractivity contribution in [2.75, 3.05) is 6.61 Å². The number of rotatable bonds is 5. The zero-order chi connectivity index (χ0) is 11.3. The summed E-state index contributed by atoms with van der Waals surface area (Å²) in [5.41, 5.74) is 0.445. The minimum atomic E-state index is -0.314. The van der Waals surface area contributed by atoms with E-state index >= 15 is 0 Å². The molecule has 0 spiro atoms. The Balaban J connectivity index is 2.20. The Morgan fingerprint density at radius 1 is 1.67 bits per heavy atom. The van der Waals surface area contributed by atoms with Crippen molar-refractivity contribution in [2.24, 2.45) is 7.05 Å². The van der Waals surface area contributed by atoms with E-state index in [0.717, 1.165) is 18.7 Å². The highest BCUT2D eigenvalue weighted by Gasteiger charge is 2.07. The molecule has 0 saturated carbocycles. The maximum absolute atomic E-state index is 11.0. The summed E-state index contributed by atoms with van der Waals surface area (Å²) < 4.78 is 6.99. The van der Waals surface area contributed by atoms with Gasteiger partial charge in [-0.2, -0.15) is 0 Å². The van der Waals surface area contributed by atoms with Crippen LogP contribution in [0.25, 0.3) is 0 Å². The van der Waals surface area contributed by atoms with Gasteiger partial charge < -0.3 is 4.74 Å². The zero-order valence-corrected chi connectivity index (χ0v) is 9.25. The molecule has 0 atom stereocenters. The van der Waals surface area contributed by atoms with Crippen LogP contribution in [0.1, 0.15) is 19.2 Å². The molecule has 0 aliphatic rings. The lowest BCUT2D eigenvalue weighted by molar-refractivity contribution is -0.677. The van der Waals surface area contributed by atoms with Crippen molar-refractivity contribution < 1.29 is 14.1 Å². The molecule has 1 heterocycles. The predicted octanol–water partition coefficient (Wildman–Crippen LogP) is 0.891. The molecule has 1 aromatic rings. The van der Waals surface area contributed by atoms with Crippen LogP contribution in [-0.4, -0.2) is 17.6 Å². The second kappa shape index (κ2) is 5.34. The molecule has 1 aromatic heterocycles. The Kier molecular flexibility index (Phi) is 4.09. The van der Waals surface area contributed by atoms with Crippen molar-refractivity contribution in [1.82, 2.24) is 4.98 Å². The van der Waals surface area contributed by atoms with Crippen LogP contribution in [-0.2, 0) is 23.0 Å². The van der Waals surface area contributed by atoms with Gasteiger partial charge >= 0.3 is 5.97 Å². The van der Waals surface area contributed by atoms with Crippen LogP contribution < -0.4 is 4.57 Å². The van der Waals surface area contributed by atoms with Gasteiger partial charge in [-0.1, -0.05) is 6.58 Å². The first kappa shape index (κ1) is 11.5. The summed E-state index contributed by atoms with van der Waals surface area (Å²) in [5, 5.41) is 0. The highest BCUT2D eigenvalue weighted by molar-refractivity contribution is 5.86. The molecular formula is C11H17N2O2+. The summed E-state index contributed by atoms with van der Waals surface area (Å²) >= 11 is 0. The van der Waals surface area contributed by atoms with Crippen LogP contribution >= 0.6 is 0 Å². The van der Waals surface area contributed by atoms with Crippen molar-refractivity contribution in [2.45, 2.75) is 19.8 Å². The van der Waals surface area contributed by atoms with Crippen molar-refractivity contribution in [1.29, 1.82) is 0 Å². The van der Waals surface area contributed by atoms with Crippen molar-refractivity contribution >= 4 is 5.97 Å². The second-order valence-corrected chi connectivity index (χ2v) is 3.54. The summed E-state index contributed by atoms with van der Waals surface area (Å²) in [5.74, 6) is 0.812. The minimum absolute atomic E-state index is 0.314. The van der Waals surface area contributed by atoms with Gasteiger partial charge in [0.25, 0.3) is 5.82 Å². The Bertz CT molecular complexity index is 355. The van der Waals surface area contributed by atoms with E-state index in [1.807, 2.05) is 24.0 Å². The van der Waals surface area contributed by atoms with E-state index in [1.54, 1.807) is 6.92 Å². The monoisotopic (exact) mass is 209 g/mol. The number of aromatic amines is 1. The number of nitrogens with one attached hydrogen (secondary N) is 1. The fourth-order valence-electron chi connectivity index (χ4n) is 1.21. The van der Waals surface area contributed by atoms with E-state index in [1.165, 1.54) is 0 Å². The Hall–Kier alpha value is -1.58. The molecule has 4 nitrogen and oxygen atoms in total. The molecule has 1 N–H and O–H groups in total. The van der Waals surface area contributed by atoms with Crippen LogP contribution in [0.4, 0.5) is 0 Å². The second-order valence-electron chi connectivity index (χ2n) is 3.54. The van der Waals surface area contributed by atoms with Gasteiger partial charge in [-0.15, -0.1) is 0 Å². The number of ether oxygens (including phenoxy) is 1. The molecule has 1 rings (SSSR count). The van der Waals surface area contributed by atoms with Crippen LogP contribution in [0.15, 0.2) is 24.5 Å². The predicted molar refractivity (Wildman–Crippen MR) is 56.1 cm³/mol. The smallest absolute Gasteiger partial charge is 0.333 e. The van der Waals surface area contributed by atoms with Crippen molar-refractivity contribution in [3.63, 3.8) is 0 Å². The summed E-state index contributed by atoms with van der Waals surface area (Å²) in [7, 11) is 1.98. The molecule has 0 fully saturated rings. The number of hydrogen-bond acceptors (Lipinski definition) is 2. The number of nitrogens with zero attached hydrogens (tertiary/aromatic N) is 1. The van der Waals surface area contributed by atoms with Crippen molar-refractivity contribution in [3.8, 4) is 0 Å². The van der Waals surface area contributed by atoms with E-state index in [0.29, 0.717) is 12.2 Å². The molecule has 4 heteroatoms. The van der Waals surface area contributed by atoms with Crippen LogP contribution in [0, 0.1) is 0 Å². The van der Waals surface area contributed by atoms with Gasteiger partial charge in [0, 0.05) is 5.57 Å². The fourth-order valence-corrected chi connectivity index (χ4v) is 1.21. The molecule has 0 saturated heterocycles. The molecule has 0 radical (unpaired) electrons. The van der Waals surface area contributed by atoms with E-state index < -0.39 is 0 Å². The Morgan fingerprint density at radius 3 is 2.93 bits per heavy atom. The lowest BCUT2D eigenvalue weighted by Gasteiger charge is -2.02. The first-order chi connectivity index (χ1) is 7.11. The third-order valence-corrected chi connectivity index (χ3v) is 2.11. The first-order valence-electron chi connectivity index (χ1n) is 4.96. The third-order valence-electron chi connectivity index (χ3n) is 2.11.